The number of rotatable bonds is 13. The first-order valence-corrected chi connectivity index (χ1v) is 11.6. The van der Waals surface area contributed by atoms with E-state index in [2.05, 4.69) is 0 Å². The van der Waals surface area contributed by atoms with Gasteiger partial charge in [0.2, 0.25) is 0 Å². The fourth-order valence-electron chi connectivity index (χ4n) is 3.27. The van der Waals surface area contributed by atoms with Gasteiger partial charge in [0.1, 0.15) is 11.6 Å². The Kier molecular flexibility index (Phi) is 11.7. The van der Waals surface area contributed by atoms with Gasteiger partial charge in [0.15, 0.2) is 11.5 Å². The lowest BCUT2D eigenvalue weighted by Crippen LogP contribution is -2.53. The van der Waals surface area contributed by atoms with Gasteiger partial charge < -0.3 is 24.7 Å². The number of ether oxygens (including phenoxy) is 4. The molecule has 0 radical (unpaired) electrons. The molecule has 0 saturated heterocycles. The molecule has 0 saturated carbocycles. The van der Waals surface area contributed by atoms with Gasteiger partial charge in [-0.25, -0.2) is 0 Å². The zero-order chi connectivity index (χ0) is 25.9. The average molecular weight is 480 g/mol. The Balaban J connectivity index is 3.14. The summed E-state index contributed by atoms with van der Waals surface area (Å²) in [5.41, 5.74) is 5.47. The van der Waals surface area contributed by atoms with Crippen molar-refractivity contribution in [3.05, 3.63) is 23.8 Å². The summed E-state index contributed by atoms with van der Waals surface area (Å²) in [6.07, 6.45) is 0.775. The lowest BCUT2D eigenvalue weighted by molar-refractivity contribution is -0.155. The van der Waals surface area contributed by atoms with Crippen molar-refractivity contribution in [2.75, 3.05) is 7.11 Å². The third-order valence-electron chi connectivity index (χ3n) is 5.34. The third-order valence-corrected chi connectivity index (χ3v) is 5.34. The molecular weight excluding hydrogens is 442 g/mol. The van der Waals surface area contributed by atoms with Crippen LogP contribution in [0.15, 0.2) is 18.2 Å². The van der Waals surface area contributed by atoms with Crippen LogP contribution in [0.3, 0.4) is 0 Å². The van der Waals surface area contributed by atoms with E-state index in [9.17, 15) is 19.2 Å². The van der Waals surface area contributed by atoms with Gasteiger partial charge in [-0.15, -0.1) is 0 Å². The lowest BCUT2D eigenvalue weighted by Gasteiger charge is -2.29. The predicted octanol–water partition coefficient (Wildman–Crippen LogP) is 3.49. The molecule has 1 aromatic rings. The van der Waals surface area contributed by atoms with Crippen molar-refractivity contribution in [3.8, 4) is 11.5 Å². The quantitative estimate of drug-likeness (QED) is 0.333. The number of carbonyl (C=O) groups is 4. The second-order valence-electron chi connectivity index (χ2n) is 8.48. The molecule has 190 valence electrons. The van der Waals surface area contributed by atoms with Crippen molar-refractivity contribution >= 4 is 23.9 Å². The fourth-order valence-corrected chi connectivity index (χ4v) is 3.27. The number of esters is 4. The smallest absolute Gasteiger partial charge is 0.326 e. The van der Waals surface area contributed by atoms with Crippen LogP contribution < -0.4 is 15.2 Å². The molecule has 3 atom stereocenters. The minimum Gasteiger partial charge on any atom is -0.468 e. The van der Waals surface area contributed by atoms with Gasteiger partial charge in [-0.3, -0.25) is 19.2 Å². The van der Waals surface area contributed by atoms with Crippen molar-refractivity contribution in [2.45, 2.75) is 84.8 Å². The Hall–Kier alpha value is -2.94. The van der Waals surface area contributed by atoms with Gasteiger partial charge >= 0.3 is 23.9 Å². The van der Waals surface area contributed by atoms with Crippen molar-refractivity contribution < 1.29 is 38.1 Å². The van der Waals surface area contributed by atoms with E-state index in [0.29, 0.717) is 5.56 Å². The van der Waals surface area contributed by atoms with Crippen molar-refractivity contribution in [3.63, 3.8) is 0 Å². The van der Waals surface area contributed by atoms with Crippen LogP contribution in [0.4, 0.5) is 0 Å². The number of nitrogens with two attached hydrogens (primary N) is 1. The van der Waals surface area contributed by atoms with Crippen LogP contribution in [0.25, 0.3) is 0 Å². The standard InChI is InChI=1S/C25H37NO8/c1-7-16(4)12-23(29)32-17(5)14-25(26,24(30)31-6)15-18-10-11-19(33-21(27)8-2)20(13-18)34-22(28)9-3/h10-11,13,16-17H,7-9,12,14-15,26H2,1-6H3/t16?,17?,25-/m1/s1. The second kappa shape index (κ2) is 13.7. The van der Waals surface area contributed by atoms with Gasteiger partial charge in [0.25, 0.3) is 0 Å². The van der Waals surface area contributed by atoms with Crippen molar-refractivity contribution in [1.29, 1.82) is 0 Å². The highest BCUT2D eigenvalue weighted by Crippen LogP contribution is 2.31. The molecule has 2 unspecified atom stereocenters. The monoisotopic (exact) mass is 479 g/mol. The Bertz CT molecular complexity index is 868. The molecule has 34 heavy (non-hydrogen) atoms. The first-order chi connectivity index (χ1) is 16.0. The molecule has 0 spiro atoms. The first kappa shape index (κ1) is 29.1. The minimum atomic E-state index is -1.52. The van der Waals surface area contributed by atoms with E-state index in [1.807, 2.05) is 13.8 Å². The molecule has 9 nitrogen and oxygen atoms in total. The van der Waals surface area contributed by atoms with Crippen LogP contribution in [0.2, 0.25) is 0 Å². The van der Waals surface area contributed by atoms with Crippen LogP contribution in [0, 0.1) is 5.92 Å². The maximum Gasteiger partial charge on any atom is 0.326 e. The SMILES string of the molecule is CCC(=O)Oc1ccc(C[C@](N)(CC(C)OC(=O)CC(C)CC)C(=O)OC)cc1OC(=O)CC. The van der Waals surface area contributed by atoms with Crippen molar-refractivity contribution in [2.24, 2.45) is 11.7 Å². The molecule has 9 heteroatoms. The summed E-state index contributed by atoms with van der Waals surface area (Å²) in [5, 5.41) is 0. The van der Waals surface area contributed by atoms with Crippen LogP contribution >= 0.6 is 0 Å². The average Bonchev–Trinajstić information content (AvgIpc) is 2.79. The van der Waals surface area contributed by atoms with E-state index in [4.69, 9.17) is 24.7 Å². The molecule has 1 aromatic carbocycles. The molecule has 1 rings (SSSR count). The fraction of sp³-hybridized carbons (Fsp3) is 0.600. The van der Waals surface area contributed by atoms with Gasteiger partial charge in [0, 0.05) is 32.1 Å². The molecule has 0 heterocycles. The number of methoxy groups -OCH3 is 1. The van der Waals surface area contributed by atoms with E-state index in [1.54, 1.807) is 26.8 Å². The lowest BCUT2D eigenvalue weighted by atomic mass is 9.86. The molecule has 0 aliphatic carbocycles. The normalized spacial score (nSPS) is 14.3. The predicted molar refractivity (Wildman–Crippen MR) is 125 cm³/mol. The molecule has 0 aliphatic heterocycles. The summed E-state index contributed by atoms with van der Waals surface area (Å²) in [7, 11) is 1.23. The molecule has 0 amide bonds. The Morgan fingerprint density at radius 1 is 0.941 bits per heavy atom. The minimum absolute atomic E-state index is 0.00556. The zero-order valence-corrected chi connectivity index (χ0v) is 21.0. The summed E-state index contributed by atoms with van der Waals surface area (Å²) in [5.74, 6) is -1.71. The van der Waals surface area contributed by atoms with Crippen LogP contribution in [-0.2, 0) is 35.1 Å². The van der Waals surface area contributed by atoms with Gasteiger partial charge in [-0.1, -0.05) is 40.2 Å². The summed E-state index contributed by atoms with van der Waals surface area (Å²) in [4.78, 5) is 48.4. The number of benzene rings is 1. The zero-order valence-electron chi connectivity index (χ0n) is 21.0. The van der Waals surface area contributed by atoms with Crippen molar-refractivity contribution in [1.82, 2.24) is 0 Å². The molecule has 0 bridgehead atoms. The third kappa shape index (κ3) is 9.13. The largest absolute Gasteiger partial charge is 0.468 e. The molecule has 2 N–H and O–H groups in total. The maximum absolute atomic E-state index is 12.6. The highest BCUT2D eigenvalue weighted by molar-refractivity contribution is 5.81. The van der Waals surface area contributed by atoms with E-state index >= 15 is 0 Å². The second-order valence-corrected chi connectivity index (χ2v) is 8.48. The number of hydrogen-bond donors (Lipinski definition) is 1. The molecule has 0 aromatic heterocycles. The van der Waals surface area contributed by atoms with Gasteiger partial charge in [-0.05, 0) is 30.5 Å². The number of hydrogen-bond acceptors (Lipinski definition) is 9. The molecule has 0 aliphatic rings. The van der Waals surface area contributed by atoms with E-state index < -0.39 is 29.6 Å². The Labute approximate surface area is 201 Å². The Morgan fingerprint density at radius 3 is 2.06 bits per heavy atom. The van der Waals surface area contributed by atoms with Crippen LogP contribution in [0.5, 0.6) is 11.5 Å². The summed E-state index contributed by atoms with van der Waals surface area (Å²) in [6, 6.07) is 4.59. The first-order valence-electron chi connectivity index (χ1n) is 11.6. The number of carbonyl (C=O) groups excluding carboxylic acids is 4. The van der Waals surface area contributed by atoms with E-state index in [1.165, 1.54) is 19.2 Å². The summed E-state index contributed by atoms with van der Waals surface area (Å²) < 4.78 is 21.0. The topological polar surface area (TPSA) is 131 Å². The molecular formula is C25H37NO8. The van der Waals surface area contributed by atoms with Gasteiger partial charge in [0.05, 0.1) is 7.11 Å². The highest BCUT2D eigenvalue weighted by atomic mass is 16.6. The summed E-state index contributed by atoms with van der Waals surface area (Å²) in [6.45, 7) is 8.89. The van der Waals surface area contributed by atoms with Crippen LogP contribution in [-0.4, -0.2) is 42.6 Å². The van der Waals surface area contributed by atoms with E-state index in [0.717, 1.165) is 6.42 Å². The summed E-state index contributed by atoms with van der Waals surface area (Å²) >= 11 is 0. The highest BCUT2D eigenvalue weighted by Gasteiger charge is 2.38. The molecule has 0 fully saturated rings. The van der Waals surface area contributed by atoms with Gasteiger partial charge in [-0.2, -0.15) is 0 Å². The Morgan fingerprint density at radius 2 is 1.53 bits per heavy atom. The van der Waals surface area contributed by atoms with E-state index in [-0.39, 0.29) is 55.5 Å². The van der Waals surface area contributed by atoms with Crippen LogP contribution in [0.1, 0.15) is 72.3 Å². The maximum atomic E-state index is 12.6.